The predicted octanol–water partition coefficient (Wildman–Crippen LogP) is 3.06. The lowest BCUT2D eigenvalue weighted by Gasteiger charge is -2.24. The van der Waals surface area contributed by atoms with Gasteiger partial charge in [-0.05, 0) is 56.2 Å². The van der Waals surface area contributed by atoms with Crippen LogP contribution in [0.5, 0.6) is 5.75 Å². The van der Waals surface area contributed by atoms with Gasteiger partial charge in [-0.15, -0.1) is 0 Å². The Labute approximate surface area is 139 Å². The highest BCUT2D eigenvalue weighted by atomic mass is 32.2. The fraction of sp³-hybridized carbons (Fsp3) is 0.667. The van der Waals surface area contributed by atoms with Crippen molar-refractivity contribution < 1.29 is 13.2 Å². The van der Waals surface area contributed by atoms with E-state index in [1.54, 1.807) is 0 Å². The Balaban J connectivity index is 1.53. The average Bonchev–Trinajstić information content (AvgIpc) is 2.53. The van der Waals surface area contributed by atoms with Gasteiger partial charge in [-0.1, -0.05) is 18.6 Å². The van der Waals surface area contributed by atoms with Gasteiger partial charge in [-0.3, -0.25) is 0 Å². The van der Waals surface area contributed by atoms with Crippen LogP contribution in [0.4, 0.5) is 0 Å². The average molecular weight is 337 g/mol. The van der Waals surface area contributed by atoms with Crippen LogP contribution in [0.2, 0.25) is 0 Å². The Morgan fingerprint density at radius 1 is 1.09 bits per heavy atom. The molecule has 1 N–H and O–H groups in total. The third kappa shape index (κ3) is 5.21. The van der Waals surface area contributed by atoms with Gasteiger partial charge in [0.25, 0.3) is 0 Å². The predicted molar refractivity (Wildman–Crippen MR) is 92.5 cm³/mol. The summed E-state index contributed by atoms with van der Waals surface area (Å²) in [5, 5.41) is 3.39. The van der Waals surface area contributed by atoms with E-state index in [1.165, 1.54) is 19.3 Å². The van der Waals surface area contributed by atoms with E-state index in [2.05, 4.69) is 17.4 Å². The number of nitrogens with one attached hydrogen (secondary N) is 1. The third-order valence-corrected chi connectivity index (χ3v) is 6.63. The maximum absolute atomic E-state index is 11.7. The molecule has 3 rings (SSSR count). The van der Waals surface area contributed by atoms with Crippen molar-refractivity contribution in [1.29, 1.82) is 0 Å². The quantitative estimate of drug-likeness (QED) is 0.897. The van der Waals surface area contributed by atoms with Crippen LogP contribution in [-0.2, 0) is 16.4 Å². The zero-order valence-electron chi connectivity index (χ0n) is 13.7. The summed E-state index contributed by atoms with van der Waals surface area (Å²) in [4.78, 5) is 0. The highest BCUT2D eigenvalue weighted by Gasteiger charge is 2.24. The molecule has 5 heteroatoms. The van der Waals surface area contributed by atoms with E-state index >= 15 is 0 Å². The number of benzene rings is 1. The van der Waals surface area contributed by atoms with Gasteiger partial charge in [-0.2, -0.15) is 0 Å². The lowest BCUT2D eigenvalue weighted by molar-refractivity contribution is 0.155. The second-order valence-corrected chi connectivity index (χ2v) is 9.09. The van der Waals surface area contributed by atoms with Crippen LogP contribution in [0.3, 0.4) is 0 Å². The standard InChI is InChI=1S/C18H27NO3S/c20-23(21)11-5-7-16(14-23)19-13-15-6-4-10-18(12-15)22-17-8-2-1-3-9-17/h4,6,10,12,16-17,19H,1-3,5,7-9,11,13-14H2. The molecule has 0 aromatic heterocycles. The molecule has 1 saturated carbocycles. The van der Waals surface area contributed by atoms with E-state index in [9.17, 15) is 8.42 Å². The fourth-order valence-corrected chi connectivity index (χ4v) is 5.22. The van der Waals surface area contributed by atoms with Crippen LogP contribution in [0.25, 0.3) is 0 Å². The summed E-state index contributed by atoms with van der Waals surface area (Å²) in [6.45, 7) is 0.696. The van der Waals surface area contributed by atoms with E-state index < -0.39 is 9.84 Å². The van der Waals surface area contributed by atoms with Crippen molar-refractivity contribution in [3.63, 3.8) is 0 Å². The molecule has 128 valence electrons. The van der Waals surface area contributed by atoms with Crippen molar-refractivity contribution in [2.24, 2.45) is 0 Å². The van der Waals surface area contributed by atoms with Crippen molar-refractivity contribution >= 4 is 9.84 Å². The maximum atomic E-state index is 11.7. The maximum Gasteiger partial charge on any atom is 0.151 e. The fourth-order valence-electron chi connectivity index (χ4n) is 3.55. The lowest BCUT2D eigenvalue weighted by atomic mass is 9.98. The van der Waals surface area contributed by atoms with Crippen LogP contribution < -0.4 is 10.1 Å². The van der Waals surface area contributed by atoms with E-state index in [0.29, 0.717) is 18.4 Å². The van der Waals surface area contributed by atoms with Crippen LogP contribution in [0.1, 0.15) is 50.5 Å². The van der Waals surface area contributed by atoms with E-state index in [4.69, 9.17) is 4.74 Å². The number of sulfone groups is 1. The molecule has 1 atom stereocenters. The summed E-state index contributed by atoms with van der Waals surface area (Å²) in [5.41, 5.74) is 1.15. The first-order valence-corrected chi connectivity index (χ1v) is 10.6. The van der Waals surface area contributed by atoms with Crippen molar-refractivity contribution in [1.82, 2.24) is 5.32 Å². The Morgan fingerprint density at radius 3 is 2.70 bits per heavy atom. The van der Waals surface area contributed by atoms with Crippen molar-refractivity contribution in [3.05, 3.63) is 29.8 Å². The molecule has 1 aromatic rings. The summed E-state index contributed by atoms with van der Waals surface area (Å²) in [6.07, 6.45) is 8.24. The molecule has 0 bridgehead atoms. The molecule has 2 fully saturated rings. The van der Waals surface area contributed by atoms with Gasteiger partial charge in [0.1, 0.15) is 5.75 Å². The summed E-state index contributed by atoms with van der Waals surface area (Å²) >= 11 is 0. The van der Waals surface area contributed by atoms with Gasteiger partial charge in [0.05, 0.1) is 17.6 Å². The largest absolute Gasteiger partial charge is 0.490 e. The summed E-state index contributed by atoms with van der Waals surface area (Å²) in [7, 11) is -2.85. The molecule has 4 nitrogen and oxygen atoms in total. The minimum atomic E-state index is -2.85. The molecule has 1 unspecified atom stereocenters. The normalized spacial score (nSPS) is 25.1. The molecule has 1 aromatic carbocycles. The highest BCUT2D eigenvalue weighted by Crippen LogP contribution is 2.24. The minimum absolute atomic E-state index is 0.0802. The van der Waals surface area contributed by atoms with Crippen LogP contribution in [-0.4, -0.2) is 32.1 Å². The molecule has 1 heterocycles. The van der Waals surface area contributed by atoms with Gasteiger partial charge in [0.15, 0.2) is 9.84 Å². The number of hydrogen-bond donors (Lipinski definition) is 1. The molecule has 2 aliphatic rings. The van der Waals surface area contributed by atoms with Crippen molar-refractivity contribution in [2.45, 2.75) is 63.6 Å². The van der Waals surface area contributed by atoms with Crippen LogP contribution in [0.15, 0.2) is 24.3 Å². The Hall–Kier alpha value is -1.07. The molecule has 23 heavy (non-hydrogen) atoms. The summed E-state index contributed by atoms with van der Waals surface area (Å²) in [5.74, 6) is 1.55. The first-order chi connectivity index (χ1) is 11.1. The van der Waals surface area contributed by atoms with Gasteiger partial charge < -0.3 is 10.1 Å². The molecule has 1 aliphatic carbocycles. The monoisotopic (exact) mass is 337 g/mol. The van der Waals surface area contributed by atoms with E-state index in [-0.39, 0.29) is 11.8 Å². The van der Waals surface area contributed by atoms with Gasteiger partial charge >= 0.3 is 0 Å². The second kappa shape index (κ2) is 7.67. The molecule has 1 aliphatic heterocycles. The smallest absolute Gasteiger partial charge is 0.151 e. The number of hydrogen-bond acceptors (Lipinski definition) is 4. The molecular weight excluding hydrogens is 310 g/mol. The topological polar surface area (TPSA) is 55.4 Å². The van der Waals surface area contributed by atoms with Crippen molar-refractivity contribution in [2.75, 3.05) is 11.5 Å². The van der Waals surface area contributed by atoms with Crippen molar-refractivity contribution in [3.8, 4) is 5.75 Å². The van der Waals surface area contributed by atoms with E-state index in [1.807, 2.05) is 12.1 Å². The zero-order chi connectivity index (χ0) is 16.1. The Bertz CT molecular complexity index is 608. The molecular formula is C18H27NO3S. The second-order valence-electron chi connectivity index (χ2n) is 6.86. The first-order valence-electron chi connectivity index (χ1n) is 8.80. The summed E-state index contributed by atoms with van der Waals surface area (Å²) < 4.78 is 29.5. The molecule has 0 spiro atoms. The van der Waals surface area contributed by atoms with Gasteiger partial charge in [0.2, 0.25) is 0 Å². The lowest BCUT2D eigenvalue weighted by Crippen LogP contribution is -2.39. The van der Waals surface area contributed by atoms with Gasteiger partial charge in [0, 0.05) is 12.6 Å². The third-order valence-electron chi connectivity index (χ3n) is 4.81. The molecule has 0 amide bonds. The van der Waals surface area contributed by atoms with Gasteiger partial charge in [-0.25, -0.2) is 8.42 Å². The first kappa shape index (κ1) is 16.8. The SMILES string of the molecule is O=S1(=O)CCCC(NCc2cccc(OC3CCCCC3)c2)C1. The Morgan fingerprint density at radius 2 is 1.91 bits per heavy atom. The molecule has 0 radical (unpaired) electrons. The van der Waals surface area contributed by atoms with E-state index in [0.717, 1.165) is 37.0 Å². The zero-order valence-corrected chi connectivity index (χ0v) is 14.5. The van der Waals surface area contributed by atoms with Crippen LogP contribution >= 0.6 is 0 Å². The Kier molecular flexibility index (Phi) is 5.59. The number of ether oxygens (including phenoxy) is 1. The summed E-state index contributed by atoms with van der Waals surface area (Å²) in [6, 6.07) is 8.27. The number of rotatable bonds is 5. The highest BCUT2D eigenvalue weighted by molar-refractivity contribution is 7.91. The van der Waals surface area contributed by atoms with Crippen LogP contribution in [0, 0.1) is 0 Å². The molecule has 1 saturated heterocycles. The minimum Gasteiger partial charge on any atom is -0.490 e.